The molecule has 15 heteroatoms. The summed E-state index contributed by atoms with van der Waals surface area (Å²) in [4.78, 5) is 41.5. The van der Waals surface area contributed by atoms with Crippen LogP contribution in [0.4, 0.5) is 23.8 Å². The van der Waals surface area contributed by atoms with Crippen molar-refractivity contribution in [1.29, 1.82) is 5.41 Å². The lowest BCUT2D eigenvalue weighted by atomic mass is 10.1. The molecule has 2 saturated heterocycles. The fourth-order valence-electron chi connectivity index (χ4n) is 4.39. The van der Waals surface area contributed by atoms with Crippen LogP contribution in [0.3, 0.4) is 0 Å². The minimum atomic E-state index is -4.77. The molecule has 0 aromatic carbocycles. The zero-order valence-electron chi connectivity index (χ0n) is 23.0. The van der Waals surface area contributed by atoms with E-state index in [1.165, 1.54) is 6.20 Å². The molecular weight excluding hydrogens is 545 g/mol. The number of amidine groups is 2. The monoisotopic (exact) mass is 578 g/mol. The SMILES string of the molecule is CC(C)(C)OC(=O)N1CCN(C(=O)c2c[nH]c(/C(=N\C(=N)c3cnc(N)cc3C(F)(F)F)N3CCOCC3)c2)CC1. The fourth-order valence-corrected chi connectivity index (χ4v) is 4.39. The molecule has 0 bridgehead atoms. The Balaban J connectivity index is 1.55. The molecule has 0 spiro atoms. The van der Waals surface area contributed by atoms with Gasteiger partial charge in [0.05, 0.1) is 30.0 Å². The van der Waals surface area contributed by atoms with Gasteiger partial charge in [0, 0.05) is 57.2 Å². The van der Waals surface area contributed by atoms with Crippen molar-refractivity contribution in [3.63, 3.8) is 0 Å². The number of nitrogens with zero attached hydrogens (tertiary/aromatic N) is 5. The molecule has 2 aliphatic heterocycles. The second-order valence-electron chi connectivity index (χ2n) is 10.6. The number of rotatable bonds is 3. The summed E-state index contributed by atoms with van der Waals surface area (Å²) in [5.41, 5.74) is 3.86. The number of aromatic amines is 1. The molecule has 4 heterocycles. The molecule has 12 nitrogen and oxygen atoms in total. The van der Waals surface area contributed by atoms with Gasteiger partial charge in [-0.15, -0.1) is 0 Å². The topological polar surface area (TPSA) is 153 Å². The first-order valence-electron chi connectivity index (χ1n) is 13.0. The van der Waals surface area contributed by atoms with Crippen LogP contribution in [0.5, 0.6) is 0 Å². The van der Waals surface area contributed by atoms with Gasteiger partial charge in [0.2, 0.25) is 0 Å². The van der Waals surface area contributed by atoms with Gasteiger partial charge in [-0.25, -0.2) is 14.8 Å². The number of pyridine rings is 1. The smallest absolute Gasteiger partial charge is 0.417 e. The Kier molecular flexibility index (Phi) is 8.56. The summed E-state index contributed by atoms with van der Waals surface area (Å²) in [6.45, 7) is 8.07. The van der Waals surface area contributed by atoms with Crippen LogP contribution >= 0.6 is 0 Å². The summed E-state index contributed by atoms with van der Waals surface area (Å²) < 4.78 is 51.8. The third kappa shape index (κ3) is 7.34. The zero-order valence-corrected chi connectivity index (χ0v) is 23.0. The van der Waals surface area contributed by atoms with E-state index in [-0.39, 0.29) is 17.6 Å². The van der Waals surface area contributed by atoms with Gasteiger partial charge in [-0.1, -0.05) is 0 Å². The highest BCUT2D eigenvalue weighted by Crippen LogP contribution is 2.33. The van der Waals surface area contributed by atoms with Crippen molar-refractivity contribution < 1.29 is 32.2 Å². The predicted molar refractivity (Wildman–Crippen MR) is 144 cm³/mol. The van der Waals surface area contributed by atoms with Crippen LogP contribution < -0.4 is 5.73 Å². The Labute approximate surface area is 234 Å². The highest BCUT2D eigenvalue weighted by atomic mass is 19.4. The number of carbonyl (C=O) groups is 2. The minimum absolute atomic E-state index is 0.192. The molecule has 4 rings (SSSR count). The first kappa shape index (κ1) is 29.8. The summed E-state index contributed by atoms with van der Waals surface area (Å²) in [7, 11) is 0. The maximum absolute atomic E-state index is 13.7. The van der Waals surface area contributed by atoms with Crippen molar-refractivity contribution in [3.05, 3.63) is 46.9 Å². The maximum atomic E-state index is 13.7. The number of ether oxygens (including phenoxy) is 2. The van der Waals surface area contributed by atoms with Gasteiger partial charge < -0.3 is 34.9 Å². The summed E-state index contributed by atoms with van der Waals surface area (Å²) in [5.74, 6) is -1.08. The lowest BCUT2D eigenvalue weighted by Crippen LogP contribution is -2.51. The molecule has 0 atom stereocenters. The van der Waals surface area contributed by atoms with Crippen LogP contribution in [0.2, 0.25) is 0 Å². The normalized spacial score (nSPS) is 17.0. The third-order valence-corrected chi connectivity index (χ3v) is 6.40. The van der Waals surface area contributed by atoms with E-state index in [0.717, 1.165) is 6.20 Å². The largest absolute Gasteiger partial charge is 0.444 e. The Bertz CT molecular complexity index is 1320. The summed E-state index contributed by atoms with van der Waals surface area (Å²) in [5, 5.41) is 8.42. The molecular formula is C26H33F3N8O4. The molecule has 2 aromatic rings. The number of morpholine rings is 1. The molecule has 222 valence electrons. The first-order valence-corrected chi connectivity index (χ1v) is 13.0. The van der Waals surface area contributed by atoms with Crippen molar-refractivity contribution in [2.75, 3.05) is 58.2 Å². The highest BCUT2D eigenvalue weighted by Gasteiger charge is 2.35. The Morgan fingerprint density at radius 2 is 1.68 bits per heavy atom. The number of hydrogen-bond acceptors (Lipinski definition) is 7. The van der Waals surface area contributed by atoms with E-state index < -0.39 is 34.8 Å². The number of H-pyrrole nitrogens is 1. The standard InChI is InChI=1S/C26H33F3N8O4/c1-25(2,3)41-24(39)37-6-4-36(5-7-37)23(38)16-12-19(32-14-16)22(35-8-10-40-11-9-35)34-21(31)17-15-33-20(30)13-18(17)26(27,28)29/h12-15,31-32H,4-11H2,1-3H3,(H2,30,33)/b31-21?,34-22+. The van der Waals surface area contributed by atoms with Crippen LogP contribution in [0.1, 0.15) is 48.0 Å². The molecule has 0 aliphatic carbocycles. The Hall–Kier alpha value is -4.14. The quantitative estimate of drug-likeness (QED) is 0.374. The average molecular weight is 579 g/mol. The number of hydrogen-bond donors (Lipinski definition) is 3. The predicted octanol–water partition coefficient (Wildman–Crippen LogP) is 2.81. The van der Waals surface area contributed by atoms with Gasteiger partial charge in [-0.05, 0) is 32.9 Å². The number of carbonyl (C=O) groups excluding carboxylic acids is 2. The van der Waals surface area contributed by atoms with Gasteiger partial charge in [0.1, 0.15) is 11.4 Å². The molecule has 2 aliphatic rings. The minimum Gasteiger partial charge on any atom is -0.444 e. The zero-order chi connectivity index (χ0) is 29.9. The van der Waals surface area contributed by atoms with E-state index in [1.807, 2.05) is 0 Å². The van der Waals surface area contributed by atoms with Gasteiger partial charge in [0.25, 0.3) is 5.91 Å². The Morgan fingerprint density at radius 3 is 2.29 bits per heavy atom. The molecule has 0 unspecified atom stereocenters. The van der Waals surface area contributed by atoms with Crippen LogP contribution in [0, 0.1) is 5.41 Å². The highest BCUT2D eigenvalue weighted by molar-refractivity contribution is 6.11. The number of amides is 2. The molecule has 0 saturated carbocycles. The molecule has 0 radical (unpaired) electrons. The van der Waals surface area contributed by atoms with Crippen LogP contribution in [-0.2, 0) is 15.7 Å². The van der Waals surface area contributed by atoms with Crippen molar-refractivity contribution in [2.45, 2.75) is 32.5 Å². The number of piperazine rings is 1. The van der Waals surface area contributed by atoms with Crippen molar-refractivity contribution in [2.24, 2.45) is 4.99 Å². The van der Waals surface area contributed by atoms with E-state index in [2.05, 4.69) is 15.0 Å². The third-order valence-electron chi connectivity index (χ3n) is 6.40. The molecule has 41 heavy (non-hydrogen) atoms. The lowest BCUT2D eigenvalue weighted by molar-refractivity contribution is -0.137. The molecule has 2 amide bonds. The maximum Gasteiger partial charge on any atom is 0.417 e. The second-order valence-corrected chi connectivity index (χ2v) is 10.6. The van der Waals surface area contributed by atoms with E-state index >= 15 is 0 Å². The number of nitrogens with two attached hydrogens (primary N) is 1. The van der Waals surface area contributed by atoms with Gasteiger partial charge in [-0.3, -0.25) is 10.2 Å². The molecule has 4 N–H and O–H groups in total. The fraction of sp³-hybridized carbons (Fsp3) is 0.500. The van der Waals surface area contributed by atoms with Gasteiger partial charge >= 0.3 is 12.3 Å². The van der Waals surface area contributed by atoms with Crippen LogP contribution in [0.15, 0.2) is 29.5 Å². The van der Waals surface area contributed by atoms with Gasteiger partial charge in [-0.2, -0.15) is 13.2 Å². The Morgan fingerprint density at radius 1 is 1.05 bits per heavy atom. The lowest BCUT2D eigenvalue weighted by Gasteiger charge is -2.35. The number of anilines is 1. The first-order chi connectivity index (χ1) is 19.2. The summed E-state index contributed by atoms with van der Waals surface area (Å²) in [6, 6.07) is 2.22. The van der Waals surface area contributed by atoms with Crippen LogP contribution in [-0.4, -0.2) is 106 Å². The van der Waals surface area contributed by atoms with E-state index in [1.54, 1.807) is 41.5 Å². The second kappa shape index (κ2) is 11.8. The number of halogens is 3. The number of aliphatic imine (C=N–C) groups is 1. The number of nitrogen functional groups attached to an aromatic ring is 1. The number of alkyl halides is 3. The summed E-state index contributed by atoms with van der Waals surface area (Å²) >= 11 is 0. The van der Waals surface area contributed by atoms with Crippen LogP contribution in [0.25, 0.3) is 0 Å². The van der Waals surface area contributed by atoms with Crippen molar-refractivity contribution in [1.82, 2.24) is 24.7 Å². The van der Waals surface area contributed by atoms with Crippen molar-refractivity contribution in [3.8, 4) is 0 Å². The van der Waals surface area contributed by atoms with Gasteiger partial charge in [0.15, 0.2) is 11.7 Å². The summed E-state index contributed by atoms with van der Waals surface area (Å²) in [6.07, 6.45) is -2.84. The molecule has 2 fully saturated rings. The van der Waals surface area contributed by atoms with E-state index in [9.17, 15) is 22.8 Å². The average Bonchev–Trinajstić information content (AvgIpc) is 3.40. The van der Waals surface area contributed by atoms with Crippen molar-refractivity contribution >= 4 is 29.5 Å². The number of nitrogens with one attached hydrogen (secondary N) is 2. The van der Waals surface area contributed by atoms with E-state index in [0.29, 0.717) is 69.8 Å². The number of aromatic nitrogens is 2. The van der Waals surface area contributed by atoms with E-state index in [4.69, 9.17) is 20.6 Å². The molecule has 2 aromatic heterocycles.